The van der Waals surface area contributed by atoms with Gasteiger partial charge in [-0.15, -0.1) is 0 Å². The maximum Gasteiger partial charge on any atom is 0.272 e. The fourth-order valence-electron chi connectivity index (χ4n) is 1.53. The minimum atomic E-state index is -0.961. The topological polar surface area (TPSA) is 127 Å². The average Bonchev–Trinajstić information content (AvgIpc) is 2.81. The molecule has 2 rings (SSSR count). The van der Waals surface area contributed by atoms with Gasteiger partial charge in [0.15, 0.2) is 0 Å². The molecule has 0 saturated heterocycles. The number of halogens is 1. The molecular formula is C11H10FN5O3. The highest BCUT2D eigenvalue weighted by molar-refractivity contribution is 5.94. The Morgan fingerprint density at radius 3 is 2.85 bits per heavy atom. The largest absolute Gasteiger partial charge is 0.384 e. The summed E-state index contributed by atoms with van der Waals surface area (Å²) in [6.07, 6.45) is 1.43. The van der Waals surface area contributed by atoms with Gasteiger partial charge in [0.1, 0.15) is 11.6 Å². The van der Waals surface area contributed by atoms with Gasteiger partial charge in [-0.05, 0) is 6.07 Å². The van der Waals surface area contributed by atoms with Crippen LogP contribution in [-0.2, 0) is 6.54 Å². The van der Waals surface area contributed by atoms with Crippen molar-refractivity contribution in [3.8, 4) is 0 Å². The van der Waals surface area contributed by atoms with Crippen LogP contribution in [-0.4, -0.2) is 21.0 Å². The zero-order chi connectivity index (χ0) is 14.7. The second-order valence-electron chi connectivity index (χ2n) is 3.91. The number of anilines is 1. The molecule has 0 unspecified atom stereocenters. The normalized spacial score (nSPS) is 10.2. The Morgan fingerprint density at radius 1 is 1.55 bits per heavy atom. The number of hydrogen-bond acceptors (Lipinski definition) is 5. The molecule has 0 saturated carbocycles. The zero-order valence-corrected chi connectivity index (χ0v) is 10.1. The van der Waals surface area contributed by atoms with Gasteiger partial charge < -0.3 is 11.1 Å². The molecule has 1 heterocycles. The number of H-pyrrole nitrogens is 1. The van der Waals surface area contributed by atoms with Crippen molar-refractivity contribution in [2.45, 2.75) is 6.54 Å². The van der Waals surface area contributed by atoms with Crippen molar-refractivity contribution >= 4 is 17.4 Å². The van der Waals surface area contributed by atoms with Crippen molar-refractivity contribution in [1.82, 2.24) is 15.5 Å². The minimum absolute atomic E-state index is 0.0671. The summed E-state index contributed by atoms with van der Waals surface area (Å²) in [5.74, 6) is -1.36. The molecule has 0 fully saturated rings. The number of nitrogens with two attached hydrogens (primary N) is 1. The van der Waals surface area contributed by atoms with Crippen LogP contribution in [0.25, 0.3) is 0 Å². The van der Waals surface area contributed by atoms with E-state index in [0.29, 0.717) is 17.4 Å². The van der Waals surface area contributed by atoms with Crippen molar-refractivity contribution in [3.63, 3.8) is 0 Å². The molecule has 0 bridgehead atoms. The predicted molar refractivity (Wildman–Crippen MR) is 67.2 cm³/mol. The first kappa shape index (κ1) is 13.5. The number of nitrogens with one attached hydrogen (secondary N) is 2. The average molecular weight is 279 g/mol. The number of nitro benzene ring substituents is 1. The molecule has 0 atom stereocenters. The summed E-state index contributed by atoms with van der Waals surface area (Å²) < 4.78 is 13.6. The number of nitro groups is 1. The van der Waals surface area contributed by atoms with Crippen molar-refractivity contribution in [2.24, 2.45) is 0 Å². The molecule has 4 N–H and O–H groups in total. The Hall–Kier alpha value is -2.97. The Labute approximate surface area is 111 Å². The standard InChI is InChI=1S/C11H10FN5O3/c12-9-3-7(17(19)20)1-2-8(9)11(18)14-4-6-5-15-16-10(6)13/h1-3,5H,4H2,(H,14,18)(H3,13,15,16). The third-order valence-electron chi connectivity index (χ3n) is 2.60. The van der Waals surface area contributed by atoms with E-state index in [4.69, 9.17) is 5.73 Å². The van der Waals surface area contributed by atoms with Gasteiger partial charge in [-0.1, -0.05) is 0 Å². The van der Waals surface area contributed by atoms with Crippen LogP contribution in [0.4, 0.5) is 15.9 Å². The maximum absolute atomic E-state index is 13.6. The van der Waals surface area contributed by atoms with E-state index in [1.807, 2.05) is 0 Å². The molecule has 0 spiro atoms. The second kappa shape index (κ2) is 5.34. The van der Waals surface area contributed by atoms with Crippen LogP contribution in [0.1, 0.15) is 15.9 Å². The number of rotatable bonds is 4. The molecule has 2 aromatic rings. The smallest absolute Gasteiger partial charge is 0.272 e. The van der Waals surface area contributed by atoms with Gasteiger partial charge >= 0.3 is 0 Å². The van der Waals surface area contributed by atoms with E-state index in [2.05, 4.69) is 15.5 Å². The lowest BCUT2D eigenvalue weighted by atomic mass is 10.1. The quantitative estimate of drug-likeness (QED) is 0.567. The van der Waals surface area contributed by atoms with Crippen LogP contribution < -0.4 is 11.1 Å². The first-order valence-corrected chi connectivity index (χ1v) is 5.49. The number of hydrogen-bond donors (Lipinski definition) is 3. The number of benzene rings is 1. The number of non-ortho nitro benzene ring substituents is 1. The number of aromatic nitrogens is 2. The third-order valence-corrected chi connectivity index (χ3v) is 2.60. The van der Waals surface area contributed by atoms with E-state index in [-0.39, 0.29) is 12.1 Å². The van der Waals surface area contributed by atoms with Crippen LogP contribution in [0, 0.1) is 15.9 Å². The molecular weight excluding hydrogens is 269 g/mol. The first-order chi connectivity index (χ1) is 9.49. The Morgan fingerprint density at radius 2 is 2.30 bits per heavy atom. The summed E-state index contributed by atoms with van der Waals surface area (Å²) in [7, 11) is 0. The van der Waals surface area contributed by atoms with E-state index < -0.39 is 22.3 Å². The van der Waals surface area contributed by atoms with Crippen molar-refractivity contribution in [1.29, 1.82) is 0 Å². The summed E-state index contributed by atoms with van der Waals surface area (Å²) >= 11 is 0. The summed E-state index contributed by atoms with van der Waals surface area (Å²) in [5.41, 5.74) is 5.39. The van der Waals surface area contributed by atoms with E-state index in [1.165, 1.54) is 6.20 Å². The van der Waals surface area contributed by atoms with Crippen molar-refractivity contribution in [3.05, 3.63) is 51.5 Å². The first-order valence-electron chi connectivity index (χ1n) is 5.49. The van der Waals surface area contributed by atoms with E-state index in [1.54, 1.807) is 0 Å². The van der Waals surface area contributed by atoms with Gasteiger partial charge in [0, 0.05) is 18.2 Å². The molecule has 0 radical (unpaired) electrons. The predicted octanol–water partition coefficient (Wildman–Crippen LogP) is 0.969. The van der Waals surface area contributed by atoms with Crippen LogP contribution in [0.2, 0.25) is 0 Å². The van der Waals surface area contributed by atoms with Gasteiger partial charge in [0.05, 0.1) is 22.7 Å². The number of aromatic amines is 1. The second-order valence-corrected chi connectivity index (χ2v) is 3.91. The number of nitrogen functional groups attached to an aromatic ring is 1. The maximum atomic E-state index is 13.6. The van der Waals surface area contributed by atoms with E-state index in [9.17, 15) is 19.3 Å². The molecule has 1 aromatic heterocycles. The van der Waals surface area contributed by atoms with Gasteiger partial charge in [-0.2, -0.15) is 5.10 Å². The van der Waals surface area contributed by atoms with Gasteiger partial charge in [-0.3, -0.25) is 20.0 Å². The highest BCUT2D eigenvalue weighted by atomic mass is 19.1. The number of amides is 1. The Balaban J connectivity index is 2.10. The SMILES string of the molecule is Nc1[nH]ncc1CNC(=O)c1ccc([N+](=O)[O-])cc1F. The summed E-state index contributed by atoms with van der Waals surface area (Å²) in [6.45, 7) is 0.0671. The molecule has 104 valence electrons. The lowest BCUT2D eigenvalue weighted by Gasteiger charge is -2.05. The fourth-order valence-corrected chi connectivity index (χ4v) is 1.53. The zero-order valence-electron chi connectivity index (χ0n) is 10.1. The number of carbonyl (C=O) groups excluding carboxylic acids is 1. The lowest BCUT2D eigenvalue weighted by Crippen LogP contribution is -2.24. The fraction of sp³-hybridized carbons (Fsp3) is 0.0909. The summed E-state index contributed by atoms with van der Waals surface area (Å²) in [6, 6.07) is 2.81. The third kappa shape index (κ3) is 2.71. The number of carbonyl (C=O) groups is 1. The van der Waals surface area contributed by atoms with Gasteiger partial charge in [0.25, 0.3) is 11.6 Å². The van der Waals surface area contributed by atoms with Crippen molar-refractivity contribution in [2.75, 3.05) is 5.73 Å². The molecule has 0 aliphatic carbocycles. The molecule has 1 amide bonds. The highest BCUT2D eigenvalue weighted by Gasteiger charge is 2.16. The molecule has 8 nitrogen and oxygen atoms in total. The summed E-state index contributed by atoms with van der Waals surface area (Å²) in [4.78, 5) is 21.5. The Kier molecular flexibility index (Phi) is 3.60. The molecule has 1 aromatic carbocycles. The minimum Gasteiger partial charge on any atom is -0.384 e. The van der Waals surface area contributed by atoms with Gasteiger partial charge in [-0.25, -0.2) is 4.39 Å². The van der Waals surface area contributed by atoms with Crippen LogP contribution >= 0.6 is 0 Å². The van der Waals surface area contributed by atoms with Crippen LogP contribution in [0.5, 0.6) is 0 Å². The molecule has 9 heteroatoms. The number of nitrogens with zero attached hydrogens (tertiary/aromatic N) is 2. The Bertz CT molecular complexity index is 670. The summed E-state index contributed by atoms with van der Waals surface area (Å²) in [5, 5.41) is 19.1. The van der Waals surface area contributed by atoms with Crippen LogP contribution in [0.3, 0.4) is 0 Å². The molecule has 20 heavy (non-hydrogen) atoms. The van der Waals surface area contributed by atoms with Crippen LogP contribution in [0.15, 0.2) is 24.4 Å². The van der Waals surface area contributed by atoms with Gasteiger partial charge in [0.2, 0.25) is 0 Å². The van der Waals surface area contributed by atoms with Crippen molar-refractivity contribution < 1.29 is 14.1 Å². The lowest BCUT2D eigenvalue weighted by molar-refractivity contribution is -0.385. The van der Waals surface area contributed by atoms with E-state index >= 15 is 0 Å². The van der Waals surface area contributed by atoms with E-state index in [0.717, 1.165) is 12.1 Å². The molecule has 0 aliphatic heterocycles. The highest BCUT2D eigenvalue weighted by Crippen LogP contribution is 2.16. The molecule has 0 aliphatic rings. The monoisotopic (exact) mass is 279 g/mol.